The Bertz CT molecular complexity index is 1260. The summed E-state index contributed by atoms with van der Waals surface area (Å²) < 4.78 is 13.4. The molecule has 0 aliphatic carbocycles. The monoisotopic (exact) mass is 387 g/mol. The highest BCUT2D eigenvalue weighted by molar-refractivity contribution is 5.78. The van der Waals surface area contributed by atoms with Crippen LogP contribution in [-0.4, -0.2) is 31.4 Å². The van der Waals surface area contributed by atoms with Crippen LogP contribution >= 0.6 is 0 Å². The van der Waals surface area contributed by atoms with E-state index in [2.05, 4.69) is 19.9 Å². The van der Waals surface area contributed by atoms with E-state index in [9.17, 15) is 9.18 Å². The Kier molecular flexibility index (Phi) is 4.37. The average molecular weight is 387 g/mol. The summed E-state index contributed by atoms with van der Waals surface area (Å²) in [7, 11) is 0. The summed E-state index contributed by atoms with van der Waals surface area (Å²) in [6.07, 6.45) is 4.00. The number of hydrogen-bond acceptors (Lipinski definition) is 5. The van der Waals surface area contributed by atoms with Crippen molar-refractivity contribution in [2.45, 2.75) is 19.5 Å². The number of aromatic nitrogens is 4. The SMILES string of the molecule is O=c1[nH]c(-c2ccncc2)nc2c1CCN(Cc1ccc3cc(F)ccc3n1)C2. The first-order valence-corrected chi connectivity index (χ1v) is 9.46. The second-order valence-electron chi connectivity index (χ2n) is 7.18. The van der Waals surface area contributed by atoms with Crippen molar-refractivity contribution in [3.63, 3.8) is 0 Å². The molecule has 1 aliphatic rings. The molecule has 1 N–H and O–H groups in total. The molecular formula is C22H18FN5O. The van der Waals surface area contributed by atoms with Crippen LogP contribution in [0.4, 0.5) is 4.39 Å². The number of rotatable bonds is 3. The summed E-state index contributed by atoms with van der Waals surface area (Å²) in [5, 5.41) is 0.785. The number of fused-ring (bicyclic) bond motifs is 2. The molecule has 0 bridgehead atoms. The van der Waals surface area contributed by atoms with E-state index in [0.717, 1.165) is 40.0 Å². The van der Waals surface area contributed by atoms with Gasteiger partial charge in [0, 0.05) is 48.5 Å². The molecule has 7 heteroatoms. The summed E-state index contributed by atoms with van der Waals surface area (Å²) >= 11 is 0. The Hall–Kier alpha value is -3.45. The van der Waals surface area contributed by atoms with Crippen molar-refractivity contribution < 1.29 is 4.39 Å². The fraction of sp³-hybridized carbons (Fsp3) is 0.182. The average Bonchev–Trinajstić information content (AvgIpc) is 2.74. The molecule has 3 aromatic heterocycles. The van der Waals surface area contributed by atoms with Crippen molar-refractivity contribution >= 4 is 10.9 Å². The van der Waals surface area contributed by atoms with Gasteiger partial charge in [-0.3, -0.25) is 19.7 Å². The summed E-state index contributed by atoms with van der Waals surface area (Å²) in [5.41, 5.74) is 3.99. The standard InChI is InChI=1S/C22H18FN5O/c23-16-2-4-19-15(11-16)1-3-17(25-19)12-28-10-7-18-20(13-28)26-21(27-22(18)29)14-5-8-24-9-6-14/h1-6,8-9,11H,7,10,12-13H2,(H,26,27,29). The first-order valence-electron chi connectivity index (χ1n) is 9.46. The maximum absolute atomic E-state index is 13.4. The van der Waals surface area contributed by atoms with E-state index in [1.165, 1.54) is 12.1 Å². The van der Waals surface area contributed by atoms with Crippen LogP contribution in [0.15, 0.2) is 59.7 Å². The van der Waals surface area contributed by atoms with Crippen LogP contribution < -0.4 is 5.56 Å². The first-order chi connectivity index (χ1) is 14.2. The Labute approximate surface area is 166 Å². The van der Waals surface area contributed by atoms with Gasteiger partial charge in [-0.05, 0) is 42.8 Å². The van der Waals surface area contributed by atoms with Crippen LogP contribution in [0, 0.1) is 5.82 Å². The van der Waals surface area contributed by atoms with Crippen LogP contribution in [0.1, 0.15) is 17.0 Å². The zero-order valence-corrected chi connectivity index (χ0v) is 15.6. The predicted octanol–water partition coefficient (Wildman–Crippen LogP) is 3.08. The van der Waals surface area contributed by atoms with E-state index in [1.54, 1.807) is 18.5 Å². The third kappa shape index (κ3) is 3.52. The largest absolute Gasteiger partial charge is 0.306 e. The van der Waals surface area contributed by atoms with E-state index in [4.69, 9.17) is 4.98 Å². The highest BCUT2D eigenvalue weighted by Crippen LogP contribution is 2.20. The molecule has 0 fully saturated rings. The van der Waals surface area contributed by atoms with Gasteiger partial charge in [0.1, 0.15) is 11.6 Å². The van der Waals surface area contributed by atoms with Crippen molar-refractivity contribution in [2.75, 3.05) is 6.54 Å². The highest BCUT2D eigenvalue weighted by atomic mass is 19.1. The van der Waals surface area contributed by atoms with Crippen LogP contribution in [0.3, 0.4) is 0 Å². The number of aromatic amines is 1. The minimum Gasteiger partial charge on any atom is -0.306 e. The molecule has 4 aromatic rings. The molecule has 5 rings (SSSR count). The molecule has 0 amide bonds. The zero-order chi connectivity index (χ0) is 19.8. The highest BCUT2D eigenvalue weighted by Gasteiger charge is 2.22. The minimum atomic E-state index is -0.263. The van der Waals surface area contributed by atoms with E-state index in [1.807, 2.05) is 24.3 Å². The molecule has 4 heterocycles. The molecule has 144 valence electrons. The molecule has 0 radical (unpaired) electrons. The van der Waals surface area contributed by atoms with Crippen LogP contribution in [0.25, 0.3) is 22.3 Å². The van der Waals surface area contributed by atoms with Crippen molar-refractivity contribution in [1.29, 1.82) is 0 Å². The maximum Gasteiger partial charge on any atom is 0.254 e. The van der Waals surface area contributed by atoms with Crippen LogP contribution in [-0.2, 0) is 19.5 Å². The van der Waals surface area contributed by atoms with Crippen LogP contribution in [0.2, 0.25) is 0 Å². The smallest absolute Gasteiger partial charge is 0.254 e. The van der Waals surface area contributed by atoms with Gasteiger partial charge in [0.25, 0.3) is 5.56 Å². The number of hydrogen-bond donors (Lipinski definition) is 1. The molecule has 6 nitrogen and oxygen atoms in total. The van der Waals surface area contributed by atoms with Gasteiger partial charge in [-0.25, -0.2) is 9.37 Å². The van der Waals surface area contributed by atoms with E-state index in [0.29, 0.717) is 25.3 Å². The first kappa shape index (κ1) is 17.6. The third-order valence-corrected chi connectivity index (χ3v) is 5.20. The number of pyridine rings is 2. The summed E-state index contributed by atoms with van der Waals surface area (Å²) in [6.45, 7) is 1.99. The molecule has 0 spiro atoms. The lowest BCUT2D eigenvalue weighted by molar-refractivity contribution is 0.238. The number of halogens is 1. The van der Waals surface area contributed by atoms with Gasteiger partial charge in [-0.15, -0.1) is 0 Å². The molecule has 29 heavy (non-hydrogen) atoms. The molecule has 0 unspecified atom stereocenters. The third-order valence-electron chi connectivity index (χ3n) is 5.20. The minimum absolute atomic E-state index is 0.0766. The van der Waals surface area contributed by atoms with Gasteiger partial charge in [-0.2, -0.15) is 0 Å². The Balaban J connectivity index is 1.41. The van der Waals surface area contributed by atoms with Gasteiger partial charge in [0.2, 0.25) is 0 Å². The number of H-pyrrole nitrogens is 1. The quantitative estimate of drug-likeness (QED) is 0.585. The summed E-state index contributed by atoms with van der Waals surface area (Å²) in [4.78, 5) is 31.0. The maximum atomic E-state index is 13.4. The number of benzene rings is 1. The zero-order valence-electron chi connectivity index (χ0n) is 15.6. The van der Waals surface area contributed by atoms with Crippen molar-refractivity contribution in [3.8, 4) is 11.4 Å². The van der Waals surface area contributed by atoms with Gasteiger partial charge in [0.15, 0.2) is 0 Å². The Morgan fingerprint density at radius 3 is 2.79 bits per heavy atom. The normalized spacial score (nSPS) is 14.1. The van der Waals surface area contributed by atoms with Gasteiger partial charge < -0.3 is 4.98 Å². The second kappa shape index (κ2) is 7.18. The summed E-state index contributed by atoms with van der Waals surface area (Å²) in [6, 6.07) is 12.1. The molecule has 0 saturated carbocycles. The van der Waals surface area contributed by atoms with Gasteiger partial charge >= 0.3 is 0 Å². The molecule has 0 atom stereocenters. The predicted molar refractivity (Wildman–Crippen MR) is 108 cm³/mol. The second-order valence-corrected chi connectivity index (χ2v) is 7.18. The number of nitrogens with zero attached hydrogens (tertiary/aromatic N) is 4. The van der Waals surface area contributed by atoms with E-state index < -0.39 is 0 Å². The molecular weight excluding hydrogens is 369 g/mol. The molecule has 0 saturated heterocycles. The van der Waals surface area contributed by atoms with Crippen molar-refractivity contribution in [1.82, 2.24) is 24.8 Å². The van der Waals surface area contributed by atoms with E-state index >= 15 is 0 Å². The van der Waals surface area contributed by atoms with Crippen LogP contribution in [0.5, 0.6) is 0 Å². The molecule has 1 aromatic carbocycles. The fourth-order valence-electron chi connectivity index (χ4n) is 3.73. The Morgan fingerprint density at radius 2 is 1.93 bits per heavy atom. The molecule has 1 aliphatic heterocycles. The van der Waals surface area contributed by atoms with Crippen molar-refractivity contribution in [2.24, 2.45) is 0 Å². The summed E-state index contributed by atoms with van der Waals surface area (Å²) in [5.74, 6) is 0.296. The lowest BCUT2D eigenvalue weighted by Crippen LogP contribution is -2.35. The topological polar surface area (TPSA) is 74.8 Å². The lowest BCUT2D eigenvalue weighted by atomic mass is 10.1. The van der Waals surface area contributed by atoms with E-state index in [-0.39, 0.29) is 11.4 Å². The fourth-order valence-corrected chi connectivity index (χ4v) is 3.73. The van der Waals surface area contributed by atoms with Gasteiger partial charge in [-0.1, -0.05) is 6.07 Å². The number of nitrogens with one attached hydrogen (secondary N) is 1. The van der Waals surface area contributed by atoms with Gasteiger partial charge in [0.05, 0.1) is 16.9 Å². The van der Waals surface area contributed by atoms with Crippen molar-refractivity contribution in [3.05, 3.63) is 88.0 Å². The Morgan fingerprint density at radius 1 is 1.07 bits per heavy atom. The lowest BCUT2D eigenvalue weighted by Gasteiger charge is -2.27.